The van der Waals surface area contributed by atoms with Crippen molar-refractivity contribution in [2.24, 2.45) is 4.99 Å². The third kappa shape index (κ3) is 9.63. The van der Waals surface area contributed by atoms with E-state index in [4.69, 9.17) is 9.47 Å². The van der Waals surface area contributed by atoms with Crippen LogP contribution in [0.2, 0.25) is 0 Å². The molecule has 0 aromatic heterocycles. The minimum Gasteiger partial charge on any atom is -0.493 e. The number of nitrogens with one attached hydrogen (secondary N) is 2. The minimum atomic E-state index is 0. The lowest BCUT2D eigenvalue weighted by Gasteiger charge is -2.13. The first kappa shape index (κ1) is 23.2. The van der Waals surface area contributed by atoms with Gasteiger partial charge in [0.25, 0.3) is 0 Å². The summed E-state index contributed by atoms with van der Waals surface area (Å²) in [5, 5.41) is 6.68. The van der Waals surface area contributed by atoms with Gasteiger partial charge in [-0.15, -0.1) is 24.0 Å². The Morgan fingerprint density at radius 2 is 1.74 bits per heavy atom. The molecule has 2 aromatic carbocycles. The first-order valence-electron chi connectivity index (χ1n) is 9.01. The number of hydrogen-bond acceptors (Lipinski definition) is 3. The predicted octanol–water partition coefficient (Wildman–Crippen LogP) is 3.63. The van der Waals surface area contributed by atoms with E-state index in [1.165, 1.54) is 5.56 Å². The van der Waals surface area contributed by atoms with E-state index in [1.54, 1.807) is 14.2 Å². The van der Waals surface area contributed by atoms with Crippen molar-refractivity contribution in [1.29, 1.82) is 0 Å². The zero-order valence-corrected chi connectivity index (χ0v) is 18.4. The fourth-order valence-corrected chi connectivity index (χ4v) is 2.51. The molecule has 0 radical (unpaired) electrons. The molecule has 0 aliphatic carbocycles. The molecule has 0 saturated heterocycles. The molecule has 0 spiro atoms. The van der Waals surface area contributed by atoms with E-state index in [-0.39, 0.29) is 24.0 Å². The fraction of sp³-hybridized carbons (Fsp3) is 0.381. The molecule has 2 aromatic rings. The van der Waals surface area contributed by atoms with Crippen LogP contribution in [0.25, 0.3) is 0 Å². The van der Waals surface area contributed by atoms with Gasteiger partial charge in [0.2, 0.25) is 0 Å². The number of methoxy groups -OCH3 is 1. The van der Waals surface area contributed by atoms with Crippen molar-refractivity contribution in [3.05, 3.63) is 65.7 Å². The van der Waals surface area contributed by atoms with Crippen molar-refractivity contribution in [2.45, 2.75) is 19.4 Å². The topological polar surface area (TPSA) is 54.9 Å². The summed E-state index contributed by atoms with van der Waals surface area (Å²) in [5.41, 5.74) is 2.47. The zero-order chi connectivity index (χ0) is 18.5. The number of hydrogen-bond donors (Lipinski definition) is 2. The quantitative estimate of drug-likeness (QED) is 0.235. The molecular weight excluding hydrogens is 453 g/mol. The lowest BCUT2D eigenvalue weighted by Crippen LogP contribution is -2.37. The summed E-state index contributed by atoms with van der Waals surface area (Å²) in [6.07, 6.45) is 1.85. The highest BCUT2D eigenvalue weighted by Crippen LogP contribution is 2.13. The Balaban J connectivity index is 0.00000364. The molecule has 0 fully saturated rings. The van der Waals surface area contributed by atoms with Crippen molar-refractivity contribution in [3.63, 3.8) is 0 Å². The molecule has 0 saturated carbocycles. The average Bonchev–Trinajstić information content (AvgIpc) is 2.69. The van der Waals surface area contributed by atoms with Gasteiger partial charge in [0.05, 0.1) is 6.61 Å². The van der Waals surface area contributed by atoms with Crippen molar-refractivity contribution >= 4 is 29.9 Å². The lowest BCUT2D eigenvalue weighted by molar-refractivity contribution is 0.172. The molecule has 0 unspecified atom stereocenters. The summed E-state index contributed by atoms with van der Waals surface area (Å²) in [6, 6.07) is 18.5. The molecule has 0 atom stereocenters. The average molecular weight is 483 g/mol. The van der Waals surface area contributed by atoms with Gasteiger partial charge in [-0.1, -0.05) is 42.5 Å². The Morgan fingerprint density at radius 1 is 0.963 bits per heavy atom. The van der Waals surface area contributed by atoms with Crippen LogP contribution in [-0.4, -0.2) is 39.9 Å². The van der Waals surface area contributed by atoms with Gasteiger partial charge in [0.1, 0.15) is 5.75 Å². The zero-order valence-electron chi connectivity index (χ0n) is 16.1. The molecule has 27 heavy (non-hydrogen) atoms. The van der Waals surface area contributed by atoms with Crippen LogP contribution >= 0.6 is 24.0 Å². The van der Waals surface area contributed by atoms with E-state index >= 15 is 0 Å². The highest BCUT2D eigenvalue weighted by molar-refractivity contribution is 14.0. The van der Waals surface area contributed by atoms with Gasteiger partial charge < -0.3 is 20.1 Å². The molecular formula is C21H30IN3O2. The molecule has 6 heteroatoms. The maximum Gasteiger partial charge on any atom is 0.191 e. The molecule has 0 amide bonds. The van der Waals surface area contributed by atoms with Crippen LogP contribution in [-0.2, 0) is 17.7 Å². The molecule has 2 N–H and O–H groups in total. The molecule has 0 aliphatic heterocycles. The van der Waals surface area contributed by atoms with Gasteiger partial charge in [0.15, 0.2) is 5.96 Å². The second kappa shape index (κ2) is 14.3. The van der Waals surface area contributed by atoms with Crippen LogP contribution in [0, 0.1) is 0 Å². The van der Waals surface area contributed by atoms with Crippen molar-refractivity contribution < 1.29 is 9.47 Å². The second-order valence-electron chi connectivity index (χ2n) is 5.93. The van der Waals surface area contributed by atoms with Crippen LogP contribution in [0.3, 0.4) is 0 Å². The lowest BCUT2D eigenvalue weighted by atomic mass is 10.1. The highest BCUT2D eigenvalue weighted by Gasteiger charge is 2.01. The van der Waals surface area contributed by atoms with E-state index < -0.39 is 0 Å². The monoisotopic (exact) mass is 483 g/mol. The van der Waals surface area contributed by atoms with E-state index in [1.807, 2.05) is 18.2 Å². The van der Waals surface area contributed by atoms with Gasteiger partial charge in [-0.2, -0.15) is 0 Å². The van der Waals surface area contributed by atoms with Crippen LogP contribution in [0.15, 0.2) is 59.6 Å². The van der Waals surface area contributed by atoms with Gasteiger partial charge in [-0.3, -0.25) is 4.99 Å². The Hall–Kier alpha value is -1.80. The largest absolute Gasteiger partial charge is 0.493 e. The number of ether oxygens (including phenoxy) is 2. The SMILES string of the molecule is CN=C(NCCc1ccccc1)NCc1cccc(OCCCOC)c1.I. The second-order valence-corrected chi connectivity index (χ2v) is 5.93. The van der Waals surface area contributed by atoms with Crippen LogP contribution < -0.4 is 15.4 Å². The third-order valence-electron chi connectivity index (χ3n) is 3.89. The molecule has 0 aliphatic rings. The Kier molecular flexibility index (Phi) is 12.3. The number of halogens is 1. The number of guanidine groups is 1. The van der Waals surface area contributed by atoms with Crippen molar-refractivity contribution in [2.75, 3.05) is 33.9 Å². The molecule has 5 nitrogen and oxygen atoms in total. The Bertz CT molecular complexity index is 665. The predicted molar refractivity (Wildman–Crippen MR) is 122 cm³/mol. The smallest absolute Gasteiger partial charge is 0.191 e. The van der Waals surface area contributed by atoms with Gasteiger partial charge in [0, 0.05) is 40.3 Å². The molecule has 148 valence electrons. The highest BCUT2D eigenvalue weighted by atomic mass is 127. The van der Waals surface area contributed by atoms with Gasteiger partial charge in [-0.25, -0.2) is 0 Å². The summed E-state index contributed by atoms with van der Waals surface area (Å²) in [5.74, 6) is 1.68. The Morgan fingerprint density at radius 3 is 2.48 bits per heavy atom. The normalized spacial score (nSPS) is 10.8. The molecule has 0 heterocycles. The Labute approximate surface area is 179 Å². The van der Waals surface area contributed by atoms with Crippen molar-refractivity contribution in [1.82, 2.24) is 10.6 Å². The summed E-state index contributed by atoms with van der Waals surface area (Å²) in [7, 11) is 3.49. The summed E-state index contributed by atoms with van der Waals surface area (Å²) >= 11 is 0. The molecule has 0 bridgehead atoms. The van der Waals surface area contributed by atoms with Gasteiger partial charge >= 0.3 is 0 Å². The van der Waals surface area contributed by atoms with Crippen molar-refractivity contribution in [3.8, 4) is 5.75 Å². The van der Waals surface area contributed by atoms with Crippen LogP contribution in [0.5, 0.6) is 5.75 Å². The first-order valence-corrected chi connectivity index (χ1v) is 9.01. The maximum absolute atomic E-state index is 5.74. The number of benzene rings is 2. The fourth-order valence-electron chi connectivity index (χ4n) is 2.51. The number of nitrogens with zero attached hydrogens (tertiary/aromatic N) is 1. The maximum atomic E-state index is 5.74. The third-order valence-corrected chi connectivity index (χ3v) is 3.89. The summed E-state index contributed by atoms with van der Waals surface area (Å²) < 4.78 is 10.8. The van der Waals surface area contributed by atoms with Crippen LogP contribution in [0.4, 0.5) is 0 Å². The molecule has 2 rings (SSSR count). The summed E-state index contributed by atoms with van der Waals surface area (Å²) in [4.78, 5) is 4.28. The minimum absolute atomic E-state index is 0. The number of rotatable bonds is 10. The van der Waals surface area contributed by atoms with E-state index in [2.05, 4.69) is 52.0 Å². The van der Waals surface area contributed by atoms with Crippen LogP contribution in [0.1, 0.15) is 17.5 Å². The summed E-state index contributed by atoms with van der Waals surface area (Å²) in [6.45, 7) is 2.91. The van der Waals surface area contributed by atoms with E-state index in [0.717, 1.165) is 36.7 Å². The first-order chi connectivity index (χ1) is 12.8. The number of aliphatic imine (C=N–C) groups is 1. The standard InChI is InChI=1S/C21H29N3O2.HI/c1-22-21(23-13-12-18-8-4-3-5-9-18)24-17-19-10-6-11-20(16-19)26-15-7-14-25-2;/h3-6,8-11,16H,7,12-15,17H2,1-2H3,(H2,22,23,24);1H. The van der Waals surface area contributed by atoms with Gasteiger partial charge in [-0.05, 0) is 29.7 Å². The van der Waals surface area contributed by atoms with E-state index in [9.17, 15) is 0 Å². The van der Waals surface area contributed by atoms with E-state index in [0.29, 0.717) is 19.8 Å².